The fourth-order valence-electron chi connectivity index (χ4n) is 2.92. The van der Waals surface area contributed by atoms with E-state index in [1.165, 1.54) is 16.5 Å². The molecule has 2 aromatic carbocycles. The summed E-state index contributed by atoms with van der Waals surface area (Å²) in [6.45, 7) is 2.09. The van der Waals surface area contributed by atoms with Gasteiger partial charge in [-0.05, 0) is 43.3 Å². The lowest BCUT2D eigenvalue weighted by Crippen LogP contribution is -2.36. The number of hydrogen-bond donors (Lipinski definition) is 1. The largest absolute Gasteiger partial charge is 0.506 e. The van der Waals surface area contributed by atoms with Crippen molar-refractivity contribution in [2.24, 2.45) is 7.05 Å². The molecule has 1 amide bonds. The van der Waals surface area contributed by atoms with Crippen molar-refractivity contribution < 1.29 is 9.90 Å². The fourth-order valence-corrected chi connectivity index (χ4v) is 3.31. The zero-order chi connectivity index (χ0) is 19.0. The summed E-state index contributed by atoms with van der Waals surface area (Å²) >= 11 is 12.1. The number of amides is 1. The first-order chi connectivity index (χ1) is 12.4. The SMILES string of the molecule is CCN(C(=O)c1c(O)c2c(Cl)cccc2n(C)c1=O)c1ccc(Cl)cc1. The number of nitrogens with zero attached hydrogens (tertiary/aromatic N) is 2. The van der Waals surface area contributed by atoms with Gasteiger partial charge in [0.25, 0.3) is 11.5 Å². The van der Waals surface area contributed by atoms with Crippen molar-refractivity contribution in [1.82, 2.24) is 4.57 Å². The minimum atomic E-state index is -0.602. The Kier molecular flexibility index (Phi) is 4.94. The molecule has 0 bridgehead atoms. The molecule has 7 heteroatoms. The van der Waals surface area contributed by atoms with E-state index in [0.29, 0.717) is 22.8 Å². The quantitative estimate of drug-likeness (QED) is 0.727. The van der Waals surface area contributed by atoms with Gasteiger partial charge in [0.1, 0.15) is 11.3 Å². The molecule has 0 aliphatic rings. The average molecular weight is 391 g/mol. The number of rotatable bonds is 3. The van der Waals surface area contributed by atoms with Gasteiger partial charge in [0, 0.05) is 24.3 Å². The van der Waals surface area contributed by atoms with Gasteiger partial charge >= 0.3 is 0 Å². The lowest BCUT2D eigenvalue weighted by atomic mass is 10.1. The number of benzene rings is 2. The molecular weight excluding hydrogens is 375 g/mol. The Morgan fingerprint density at radius 3 is 2.42 bits per heavy atom. The van der Waals surface area contributed by atoms with Crippen LogP contribution in [0.2, 0.25) is 10.0 Å². The smallest absolute Gasteiger partial charge is 0.267 e. The Hall–Kier alpha value is -2.50. The molecule has 5 nitrogen and oxygen atoms in total. The molecule has 0 atom stereocenters. The molecule has 3 aromatic rings. The molecule has 0 fully saturated rings. The van der Waals surface area contributed by atoms with Gasteiger partial charge in [0.05, 0.1) is 15.9 Å². The summed E-state index contributed by atoms with van der Waals surface area (Å²) in [7, 11) is 1.54. The van der Waals surface area contributed by atoms with Crippen LogP contribution in [0.5, 0.6) is 5.75 Å². The molecule has 3 rings (SSSR count). The minimum Gasteiger partial charge on any atom is -0.506 e. The Morgan fingerprint density at radius 2 is 1.81 bits per heavy atom. The summed E-state index contributed by atoms with van der Waals surface area (Å²) in [5, 5.41) is 11.7. The molecule has 134 valence electrons. The van der Waals surface area contributed by atoms with Crippen LogP contribution in [0, 0.1) is 0 Å². The first-order valence-corrected chi connectivity index (χ1v) is 8.70. The Morgan fingerprint density at radius 1 is 1.15 bits per heavy atom. The first kappa shape index (κ1) is 18.3. The van der Waals surface area contributed by atoms with E-state index in [2.05, 4.69) is 0 Å². The van der Waals surface area contributed by atoms with Crippen molar-refractivity contribution in [2.75, 3.05) is 11.4 Å². The third-order valence-electron chi connectivity index (χ3n) is 4.26. The van der Waals surface area contributed by atoms with Crippen LogP contribution in [0.15, 0.2) is 47.3 Å². The molecule has 0 aliphatic heterocycles. The van der Waals surface area contributed by atoms with Gasteiger partial charge in [-0.25, -0.2) is 0 Å². The highest BCUT2D eigenvalue weighted by Crippen LogP contribution is 2.33. The second-order valence-electron chi connectivity index (χ2n) is 5.75. The highest BCUT2D eigenvalue weighted by atomic mass is 35.5. The highest BCUT2D eigenvalue weighted by molar-refractivity contribution is 6.36. The summed E-state index contributed by atoms with van der Waals surface area (Å²) in [6, 6.07) is 11.6. The lowest BCUT2D eigenvalue weighted by Gasteiger charge is -2.22. The van der Waals surface area contributed by atoms with Gasteiger partial charge in [0.2, 0.25) is 0 Å². The van der Waals surface area contributed by atoms with Gasteiger partial charge < -0.3 is 14.6 Å². The van der Waals surface area contributed by atoms with E-state index in [1.807, 2.05) is 0 Å². The van der Waals surface area contributed by atoms with Gasteiger partial charge in [-0.3, -0.25) is 9.59 Å². The third kappa shape index (κ3) is 2.93. The number of hydrogen-bond acceptors (Lipinski definition) is 3. The lowest BCUT2D eigenvalue weighted by molar-refractivity contribution is 0.0984. The number of halogens is 2. The summed E-state index contributed by atoms with van der Waals surface area (Å²) in [6.07, 6.45) is 0. The zero-order valence-electron chi connectivity index (χ0n) is 14.2. The molecule has 0 saturated carbocycles. The number of aryl methyl sites for hydroxylation is 1. The summed E-state index contributed by atoms with van der Waals surface area (Å²) < 4.78 is 1.31. The summed E-state index contributed by atoms with van der Waals surface area (Å²) in [5.41, 5.74) is 0.119. The highest BCUT2D eigenvalue weighted by Gasteiger charge is 2.26. The number of carbonyl (C=O) groups is 1. The molecule has 1 aromatic heterocycles. The number of pyridine rings is 1. The fraction of sp³-hybridized carbons (Fsp3) is 0.158. The normalized spacial score (nSPS) is 10.9. The van der Waals surface area contributed by atoms with Crippen LogP contribution in [0.25, 0.3) is 10.9 Å². The average Bonchev–Trinajstić information content (AvgIpc) is 2.62. The molecule has 0 saturated heterocycles. The van der Waals surface area contributed by atoms with E-state index in [9.17, 15) is 14.7 Å². The van der Waals surface area contributed by atoms with E-state index in [4.69, 9.17) is 23.2 Å². The molecular formula is C19H16Cl2N2O3. The van der Waals surface area contributed by atoms with E-state index in [0.717, 1.165) is 0 Å². The van der Waals surface area contributed by atoms with E-state index < -0.39 is 17.2 Å². The summed E-state index contributed by atoms with van der Waals surface area (Å²) in [5.74, 6) is -1.01. The van der Waals surface area contributed by atoms with Crippen molar-refractivity contribution in [3.05, 3.63) is 68.4 Å². The zero-order valence-corrected chi connectivity index (χ0v) is 15.7. The van der Waals surface area contributed by atoms with Crippen molar-refractivity contribution >= 4 is 45.7 Å². The van der Waals surface area contributed by atoms with Crippen LogP contribution in [-0.4, -0.2) is 22.1 Å². The number of carbonyl (C=O) groups excluding carboxylic acids is 1. The predicted octanol–water partition coefficient (Wildman–Crippen LogP) is 4.22. The van der Waals surface area contributed by atoms with Crippen LogP contribution in [0.1, 0.15) is 17.3 Å². The molecule has 1 heterocycles. The second-order valence-corrected chi connectivity index (χ2v) is 6.59. The molecule has 26 heavy (non-hydrogen) atoms. The van der Waals surface area contributed by atoms with Gasteiger partial charge in [-0.15, -0.1) is 0 Å². The van der Waals surface area contributed by atoms with Crippen LogP contribution >= 0.6 is 23.2 Å². The van der Waals surface area contributed by atoms with Crippen LogP contribution in [0.3, 0.4) is 0 Å². The Bertz CT molecular complexity index is 1060. The number of aromatic hydroxyl groups is 1. The van der Waals surface area contributed by atoms with E-state index >= 15 is 0 Å². The maximum absolute atomic E-state index is 13.1. The number of fused-ring (bicyclic) bond motifs is 1. The van der Waals surface area contributed by atoms with E-state index in [-0.39, 0.29) is 16.0 Å². The van der Waals surface area contributed by atoms with Gasteiger partial charge in [0.15, 0.2) is 0 Å². The topological polar surface area (TPSA) is 62.5 Å². The van der Waals surface area contributed by atoms with Crippen molar-refractivity contribution in [3.8, 4) is 5.75 Å². The maximum Gasteiger partial charge on any atom is 0.267 e. The predicted molar refractivity (Wildman–Crippen MR) is 105 cm³/mol. The summed E-state index contributed by atoms with van der Waals surface area (Å²) in [4.78, 5) is 27.2. The van der Waals surface area contributed by atoms with Crippen LogP contribution < -0.4 is 10.5 Å². The third-order valence-corrected chi connectivity index (χ3v) is 4.83. The van der Waals surface area contributed by atoms with Crippen molar-refractivity contribution in [1.29, 1.82) is 0 Å². The first-order valence-electron chi connectivity index (χ1n) is 7.94. The molecule has 1 N–H and O–H groups in total. The monoisotopic (exact) mass is 390 g/mol. The second kappa shape index (κ2) is 7.02. The molecule has 0 radical (unpaired) electrons. The molecule has 0 spiro atoms. The van der Waals surface area contributed by atoms with Gasteiger partial charge in [-0.1, -0.05) is 29.3 Å². The van der Waals surface area contributed by atoms with Gasteiger partial charge in [-0.2, -0.15) is 0 Å². The van der Waals surface area contributed by atoms with Crippen LogP contribution in [-0.2, 0) is 7.05 Å². The van der Waals surface area contributed by atoms with E-state index in [1.54, 1.807) is 49.4 Å². The standard InChI is InChI=1S/C19H16Cl2N2O3/c1-3-23(12-9-7-11(20)8-10-12)19(26)16-17(24)15-13(21)5-4-6-14(15)22(2)18(16)25/h4-10,24H,3H2,1-2H3. The minimum absolute atomic E-state index is 0.263. The Labute approximate surface area is 160 Å². The molecule has 0 aliphatic carbocycles. The van der Waals surface area contributed by atoms with Crippen molar-refractivity contribution in [3.63, 3.8) is 0 Å². The Balaban J connectivity index is 2.24. The maximum atomic E-state index is 13.1. The number of aromatic nitrogens is 1. The van der Waals surface area contributed by atoms with Crippen molar-refractivity contribution in [2.45, 2.75) is 6.92 Å². The number of anilines is 1. The van der Waals surface area contributed by atoms with Crippen LogP contribution in [0.4, 0.5) is 5.69 Å². The molecule has 0 unspecified atom stereocenters.